The molecule has 1 atom stereocenters. The van der Waals surface area contributed by atoms with Crippen molar-refractivity contribution >= 4 is 0 Å². The summed E-state index contributed by atoms with van der Waals surface area (Å²) in [6, 6.07) is 2.86. The fourth-order valence-corrected chi connectivity index (χ4v) is 1.60. The van der Waals surface area contributed by atoms with Crippen molar-refractivity contribution in [2.45, 2.75) is 26.3 Å². The number of hydrogen-bond donors (Lipinski definition) is 1. The zero-order valence-corrected chi connectivity index (χ0v) is 10.5. The second-order valence-electron chi connectivity index (χ2n) is 4.02. The number of hydrogen-bond acceptors (Lipinski definition) is 2. The molecule has 1 rings (SSSR count). The lowest BCUT2D eigenvalue weighted by Gasteiger charge is -2.18. The summed E-state index contributed by atoms with van der Waals surface area (Å²) < 4.78 is 32.5. The maximum absolute atomic E-state index is 13.7. The van der Waals surface area contributed by atoms with Gasteiger partial charge in [0.1, 0.15) is 0 Å². The summed E-state index contributed by atoms with van der Waals surface area (Å²) in [7, 11) is 1.71. The van der Waals surface area contributed by atoms with E-state index in [4.69, 9.17) is 4.74 Å². The molecule has 2 nitrogen and oxygen atoms in total. The average Bonchev–Trinajstić information content (AvgIpc) is 2.33. The molecule has 0 fully saturated rings. The topological polar surface area (TPSA) is 21.3 Å². The summed E-state index contributed by atoms with van der Waals surface area (Å²) in [6.45, 7) is 4.50. The molecule has 96 valence electrons. The van der Waals surface area contributed by atoms with Crippen LogP contribution >= 0.6 is 0 Å². The predicted molar refractivity (Wildman–Crippen MR) is 64.0 cm³/mol. The van der Waals surface area contributed by atoms with Crippen LogP contribution in [0.25, 0.3) is 0 Å². The molecule has 17 heavy (non-hydrogen) atoms. The Morgan fingerprint density at radius 3 is 2.59 bits per heavy atom. The van der Waals surface area contributed by atoms with Crippen LogP contribution in [0.5, 0.6) is 0 Å². The molecule has 0 heterocycles. The number of ether oxygens (including phenoxy) is 1. The van der Waals surface area contributed by atoms with Crippen molar-refractivity contribution in [2.75, 3.05) is 20.3 Å². The Morgan fingerprint density at radius 1 is 1.29 bits per heavy atom. The van der Waals surface area contributed by atoms with Crippen molar-refractivity contribution in [1.82, 2.24) is 5.32 Å². The average molecular weight is 243 g/mol. The van der Waals surface area contributed by atoms with Gasteiger partial charge in [0, 0.05) is 12.2 Å². The Bertz CT molecular complexity index is 369. The van der Waals surface area contributed by atoms with Gasteiger partial charge >= 0.3 is 0 Å². The summed E-state index contributed by atoms with van der Waals surface area (Å²) in [6.07, 6.45) is 0.904. The Kier molecular flexibility index (Phi) is 5.51. The number of benzene rings is 1. The van der Waals surface area contributed by atoms with Crippen molar-refractivity contribution in [2.24, 2.45) is 0 Å². The lowest BCUT2D eigenvalue weighted by molar-refractivity contribution is 0.113. The third kappa shape index (κ3) is 3.48. The molecule has 4 heteroatoms. The van der Waals surface area contributed by atoms with Gasteiger partial charge in [0.2, 0.25) is 0 Å². The maximum atomic E-state index is 13.7. The predicted octanol–water partition coefficient (Wildman–Crippen LogP) is 2.96. The molecule has 1 N–H and O–H groups in total. The van der Waals surface area contributed by atoms with Crippen LogP contribution in [0.15, 0.2) is 12.1 Å². The van der Waals surface area contributed by atoms with Crippen LogP contribution in [-0.2, 0) is 4.74 Å². The third-order valence-corrected chi connectivity index (χ3v) is 2.66. The summed E-state index contributed by atoms with van der Waals surface area (Å²) in [4.78, 5) is 0. The molecule has 1 aromatic rings. The fourth-order valence-electron chi connectivity index (χ4n) is 1.60. The quantitative estimate of drug-likeness (QED) is 0.776. The largest absolute Gasteiger partial charge is 0.379 e. The highest BCUT2D eigenvalue weighted by Gasteiger charge is 2.18. The molecule has 0 spiro atoms. The minimum Gasteiger partial charge on any atom is -0.379 e. The van der Waals surface area contributed by atoms with Gasteiger partial charge in [-0.3, -0.25) is 0 Å². The van der Waals surface area contributed by atoms with Crippen molar-refractivity contribution in [3.05, 3.63) is 34.9 Å². The molecule has 0 aromatic heterocycles. The number of aryl methyl sites for hydroxylation is 1. The monoisotopic (exact) mass is 243 g/mol. The van der Waals surface area contributed by atoms with E-state index in [1.807, 2.05) is 6.92 Å². The van der Waals surface area contributed by atoms with Crippen molar-refractivity contribution in [3.8, 4) is 0 Å². The molecule has 1 unspecified atom stereocenters. The zero-order chi connectivity index (χ0) is 12.8. The standard InChI is InChI=1S/C13H19F2NO/c1-4-7-17-8-11(16-3)10-6-5-9(2)12(14)13(10)15/h5-6,11,16H,4,7-8H2,1-3H3. The molecule has 0 saturated carbocycles. The van der Waals surface area contributed by atoms with Crippen molar-refractivity contribution in [3.63, 3.8) is 0 Å². The van der Waals surface area contributed by atoms with Gasteiger partial charge in [-0.15, -0.1) is 0 Å². The highest BCUT2D eigenvalue weighted by atomic mass is 19.2. The van der Waals surface area contributed by atoms with Crippen molar-refractivity contribution < 1.29 is 13.5 Å². The second-order valence-corrected chi connectivity index (χ2v) is 4.02. The first-order chi connectivity index (χ1) is 8.11. The van der Waals surface area contributed by atoms with E-state index >= 15 is 0 Å². The second kappa shape index (κ2) is 6.67. The summed E-state index contributed by atoms with van der Waals surface area (Å²) in [5.74, 6) is -1.57. The van der Waals surface area contributed by atoms with E-state index in [1.54, 1.807) is 26.1 Å². The molecular weight excluding hydrogens is 224 g/mol. The Balaban J connectivity index is 2.85. The molecular formula is C13H19F2NO. The van der Waals surface area contributed by atoms with Crippen LogP contribution in [0.4, 0.5) is 8.78 Å². The molecule has 1 aromatic carbocycles. The minimum absolute atomic E-state index is 0.312. The van der Waals surface area contributed by atoms with Crippen LogP contribution in [0, 0.1) is 18.6 Å². The van der Waals surface area contributed by atoms with E-state index in [1.165, 1.54) is 0 Å². The maximum Gasteiger partial charge on any atom is 0.163 e. The van der Waals surface area contributed by atoms with Crippen LogP contribution in [0.3, 0.4) is 0 Å². The number of rotatable bonds is 6. The molecule has 0 bridgehead atoms. The molecule has 0 aliphatic heterocycles. The number of nitrogens with one attached hydrogen (secondary N) is 1. The molecule has 0 aliphatic carbocycles. The van der Waals surface area contributed by atoms with Crippen molar-refractivity contribution in [1.29, 1.82) is 0 Å². The lowest BCUT2D eigenvalue weighted by Crippen LogP contribution is -2.23. The normalized spacial score (nSPS) is 12.8. The number of likely N-dealkylation sites (N-methyl/N-ethyl adjacent to an activating group) is 1. The summed E-state index contributed by atoms with van der Waals surface area (Å²) >= 11 is 0. The van der Waals surface area contributed by atoms with Crippen LogP contribution < -0.4 is 5.32 Å². The smallest absolute Gasteiger partial charge is 0.163 e. The SMILES string of the molecule is CCCOCC(NC)c1ccc(C)c(F)c1F. The Morgan fingerprint density at radius 2 is 2.00 bits per heavy atom. The van der Waals surface area contributed by atoms with Gasteiger partial charge in [-0.05, 0) is 26.0 Å². The Hall–Kier alpha value is -1.00. The number of halogens is 2. The van der Waals surface area contributed by atoms with Gasteiger partial charge in [0.25, 0.3) is 0 Å². The lowest BCUT2D eigenvalue weighted by atomic mass is 10.0. The van der Waals surface area contributed by atoms with Gasteiger partial charge in [0.15, 0.2) is 11.6 Å². The third-order valence-electron chi connectivity index (χ3n) is 2.66. The molecule has 0 aliphatic rings. The summed E-state index contributed by atoms with van der Waals surface area (Å²) in [5, 5.41) is 2.93. The van der Waals surface area contributed by atoms with Gasteiger partial charge in [0.05, 0.1) is 12.6 Å². The van der Waals surface area contributed by atoms with Gasteiger partial charge < -0.3 is 10.1 Å². The van der Waals surface area contributed by atoms with Crippen LogP contribution in [0.1, 0.15) is 30.5 Å². The van der Waals surface area contributed by atoms with E-state index < -0.39 is 11.6 Å². The van der Waals surface area contributed by atoms with Crippen LogP contribution in [-0.4, -0.2) is 20.3 Å². The summed E-state index contributed by atoms with van der Waals surface area (Å²) in [5.41, 5.74) is 0.627. The van der Waals surface area contributed by atoms with Gasteiger partial charge in [-0.2, -0.15) is 0 Å². The van der Waals surface area contributed by atoms with Gasteiger partial charge in [-0.25, -0.2) is 8.78 Å². The Labute approximate surface area is 101 Å². The van der Waals surface area contributed by atoms with E-state index in [-0.39, 0.29) is 6.04 Å². The molecule has 0 saturated heterocycles. The van der Waals surface area contributed by atoms with E-state index in [2.05, 4.69) is 5.32 Å². The highest BCUT2D eigenvalue weighted by Crippen LogP contribution is 2.21. The van der Waals surface area contributed by atoms with Crippen LogP contribution in [0.2, 0.25) is 0 Å². The first kappa shape index (κ1) is 14.1. The first-order valence-corrected chi connectivity index (χ1v) is 5.81. The zero-order valence-electron chi connectivity index (χ0n) is 10.5. The molecule has 0 amide bonds. The fraction of sp³-hybridized carbons (Fsp3) is 0.538. The van der Waals surface area contributed by atoms with E-state index in [0.29, 0.717) is 24.3 Å². The van der Waals surface area contributed by atoms with E-state index in [9.17, 15) is 8.78 Å². The molecule has 0 radical (unpaired) electrons. The van der Waals surface area contributed by atoms with E-state index in [0.717, 1.165) is 6.42 Å². The minimum atomic E-state index is -0.788. The van der Waals surface area contributed by atoms with Gasteiger partial charge in [-0.1, -0.05) is 19.1 Å². The highest BCUT2D eigenvalue weighted by molar-refractivity contribution is 5.27. The first-order valence-electron chi connectivity index (χ1n) is 5.81.